The maximum atomic E-state index is 13.5. The summed E-state index contributed by atoms with van der Waals surface area (Å²) in [5.74, 6) is 1.82. The third-order valence-corrected chi connectivity index (χ3v) is 7.48. The number of benzene rings is 1. The van der Waals surface area contributed by atoms with E-state index in [-0.39, 0.29) is 17.9 Å². The number of thiazole rings is 1. The van der Waals surface area contributed by atoms with Crippen LogP contribution in [-0.4, -0.2) is 55.3 Å². The normalized spacial score (nSPS) is 16.0. The molecule has 1 N–H and O–H groups in total. The molecule has 0 saturated carbocycles. The smallest absolute Gasteiger partial charge is 0.277 e. The number of aromatic nitrogens is 3. The van der Waals surface area contributed by atoms with Crippen molar-refractivity contribution in [2.24, 2.45) is 0 Å². The summed E-state index contributed by atoms with van der Waals surface area (Å²) in [6.45, 7) is 5.93. The maximum absolute atomic E-state index is 13.5. The molecule has 2 amide bonds. The van der Waals surface area contributed by atoms with E-state index in [0.29, 0.717) is 41.2 Å². The van der Waals surface area contributed by atoms with Crippen LogP contribution < -0.4 is 5.32 Å². The van der Waals surface area contributed by atoms with Gasteiger partial charge in [0.25, 0.3) is 11.8 Å². The van der Waals surface area contributed by atoms with Gasteiger partial charge in [-0.3, -0.25) is 14.0 Å². The number of amides is 2. The first-order valence-electron chi connectivity index (χ1n) is 10.6. The zero-order chi connectivity index (χ0) is 23.1. The Hall–Kier alpha value is -3.11. The van der Waals surface area contributed by atoms with Gasteiger partial charge in [0.2, 0.25) is 0 Å². The first-order chi connectivity index (χ1) is 15.9. The Morgan fingerprint density at radius 1 is 1.18 bits per heavy atom. The van der Waals surface area contributed by atoms with Crippen LogP contribution >= 0.6 is 23.1 Å². The number of rotatable bonds is 5. The Morgan fingerprint density at radius 2 is 1.97 bits per heavy atom. The number of carbonyl (C=O) groups excluding carboxylic acids is 2. The molecule has 0 aliphatic carbocycles. The van der Waals surface area contributed by atoms with Gasteiger partial charge >= 0.3 is 0 Å². The molecule has 1 saturated heterocycles. The first-order valence-corrected chi connectivity index (χ1v) is 12.6. The molecule has 0 spiro atoms. The lowest BCUT2D eigenvalue weighted by Crippen LogP contribution is -2.44. The van der Waals surface area contributed by atoms with Gasteiger partial charge in [-0.25, -0.2) is 9.97 Å². The Morgan fingerprint density at radius 3 is 2.76 bits per heavy atom. The van der Waals surface area contributed by atoms with Gasteiger partial charge < -0.3 is 14.6 Å². The summed E-state index contributed by atoms with van der Waals surface area (Å²) >= 11 is 3.15. The van der Waals surface area contributed by atoms with Crippen molar-refractivity contribution < 1.29 is 14.0 Å². The number of nitrogens with zero attached hydrogens (tertiary/aromatic N) is 4. The number of carbonyl (C=O) groups is 2. The quantitative estimate of drug-likeness (QED) is 0.464. The van der Waals surface area contributed by atoms with Crippen molar-refractivity contribution >= 4 is 39.9 Å². The largest absolute Gasteiger partial charge is 0.440 e. The third kappa shape index (κ3) is 4.04. The van der Waals surface area contributed by atoms with Crippen LogP contribution in [0.5, 0.6) is 0 Å². The summed E-state index contributed by atoms with van der Waals surface area (Å²) in [4.78, 5) is 37.8. The topological polar surface area (TPSA) is 92.7 Å². The fourth-order valence-corrected chi connectivity index (χ4v) is 5.91. The monoisotopic (exact) mass is 481 g/mol. The highest BCUT2D eigenvalue weighted by Crippen LogP contribution is 2.29. The minimum absolute atomic E-state index is 0.138. The number of hydrogen-bond donors (Lipinski definition) is 1. The van der Waals surface area contributed by atoms with E-state index in [1.807, 2.05) is 49.7 Å². The number of aryl methyl sites for hydroxylation is 3. The van der Waals surface area contributed by atoms with Crippen molar-refractivity contribution in [2.75, 3.05) is 18.2 Å². The molecule has 33 heavy (non-hydrogen) atoms. The van der Waals surface area contributed by atoms with Gasteiger partial charge in [-0.1, -0.05) is 29.8 Å². The van der Waals surface area contributed by atoms with Crippen molar-refractivity contribution in [3.8, 4) is 11.3 Å². The second kappa shape index (κ2) is 8.68. The lowest BCUT2D eigenvalue weighted by Gasteiger charge is -2.23. The molecule has 10 heteroatoms. The number of hydrogen-bond acceptors (Lipinski definition) is 7. The van der Waals surface area contributed by atoms with Crippen molar-refractivity contribution in [3.63, 3.8) is 0 Å². The third-order valence-electron chi connectivity index (χ3n) is 5.64. The number of oxazole rings is 1. The molecule has 5 rings (SSSR count). The molecule has 0 radical (unpaired) electrons. The lowest BCUT2D eigenvalue weighted by molar-refractivity contribution is 0.0731. The molecule has 0 unspecified atom stereocenters. The van der Waals surface area contributed by atoms with Crippen LogP contribution in [0.15, 0.2) is 40.3 Å². The van der Waals surface area contributed by atoms with Crippen molar-refractivity contribution in [2.45, 2.75) is 26.8 Å². The Bertz CT molecular complexity index is 1340. The van der Waals surface area contributed by atoms with Crippen LogP contribution in [0.25, 0.3) is 16.3 Å². The molecule has 4 heterocycles. The molecule has 1 aliphatic heterocycles. The summed E-state index contributed by atoms with van der Waals surface area (Å²) in [6, 6.07) is 7.69. The zero-order valence-electron chi connectivity index (χ0n) is 18.5. The summed E-state index contributed by atoms with van der Waals surface area (Å²) in [6.07, 6.45) is 1.84. The summed E-state index contributed by atoms with van der Waals surface area (Å²) < 4.78 is 7.61. The predicted octanol–water partition coefficient (Wildman–Crippen LogP) is 3.92. The highest BCUT2D eigenvalue weighted by molar-refractivity contribution is 7.99. The number of thioether (sulfide) groups is 1. The van der Waals surface area contributed by atoms with E-state index in [1.165, 1.54) is 11.3 Å². The van der Waals surface area contributed by atoms with Crippen molar-refractivity contribution in [3.05, 3.63) is 64.4 Å². The lowest BCUT2D eigenvalue weighted by atomic mass is 10.1. The molecular weight excluding hydrogens is 458 g/mol. The second-order valence-corrected chi connectivity index (χ2v) is 9.89. The van der Waals surface area contributed by atoms with Gasteiger partial charge in [0.15, 0.2) is 22.3 Å². The SMILES string of the molecule is Cc1ccc(-c2oc(C)nc2C(=O)N2CSC[C@H]2CNC(=O)c2c(C)nc3sccn23)cc1. The zero-order valence-corrected chi connectivity index (χ0v) is 20.1. The molecular formula is C23H23N5O3S2. The summed E-state index contributed by atoms with van der Waals surface area (Å²) in [5, 5.41) is 4.90. The molecule has 4 aromatic rings. The standard InChI is InChI=1S/C23H23N5O3S2/c1-13-4-6-16(7-5-13)20-18(26-15(3)31-20)22(30)28-12-32-11-17(28)10-24-21(29)19-14(2)25-23-27(19)8-9-33-23/h4-9,17H,10-12H2,1-3H3,(H,24,29)/t17-/m1/s1. The van der Waals surface area contributed by atoms with E-state index in [2.05, 4.69) is 15.3 Å². The Balaban J connectivity index is 1.33. The van der Waals surface area contributed by atoms with Crippen LogP contribution in [0.1, 0.15) is 38.1 Å². The van der Waals surface area contributed by atoms with Gasteiger partial charge in [-0.2, -0.15) is 0 Å². The molecule has 8 nitrogen and oxygen atoms in total. The van der Waals surface area contributed by atoms with Gasteiger partial charge in [-0.05, 0) is 13.8 Å². The molecule has 1 fully saturated rings. The average molecular weight is 482 g/mol. The molecule has 0 bridgehead atoms. The molecule has 170 valence electrons. The highest BCUT2D eigenvalue weighted by Gasteiger charge is 2.34. The molecule has 1 atom stereocenters. The van der Waals surface area contributed by atoms with E-state index in [0.717, 1.165) is 21.8 Å². The fourth-order valence-electron chi connectivity index (χ4n) is 3.95. The number of imidazole rings is 1. The number of fused-ring (bicyclic) bond motifs is 1. The van der Waals surface area contributed by atoms with Gasteiger partial charge in [0.05, 0.1) is 17.6 Å². The minimum atomic E-state index is -0.194. The first kappa shape index (κ1) is 21.7. The van der Waals surface area contributed by atoms with E-state index in [1.54, 1.807) is 28.0 Å². The molecule has 3 aromatic heterocycles. The summed E-state index contributed by atoms with van der Waals surface area (Å²) in [5.41, 5.74) is 3.47. The van der Waals surface area contributed by atoms with Crippen LogP contribution in [-0.2, 0) is 0 Å². The van der Waals surface area contributed by atoms with E-state index < -0.39 is 0 Å². The molecule has 1 aromatic carbocycles. The van der Waals surface area contributed by atoms with Crippen molar-refractivity contribution in [1.82, 2.24) is 24.6 Å². The Labute approximate surface area is 199 Å². The predicted molar refractivity (Wildman–Crippen MR) is 129 cm³/mol. The minimum Gasteiger partial charge on any atom is -0.440 e. The van der Waals surface area contributed by atoms with E-state index in [9.17, 15) is 9.59 Å². The van der Waals surface area contributed by atoms with Crippen LogP contribution in [0.4, 0.5) is 0 Å². The number of nitrogens with one attached hydrogen (secondary N) is 1. The van der Waals surface area contributed by atoms with Crippen LogP contribution in [0, 0.1) is 20.8 Å². The van der Waals surface area contributed by atoms with Gasteiger partial charge in [0.1, 0.15) is 5.69 Å². The van der Waals surface area contributed by atoms with Gasteiger partial charge in [0, 0.05) is 36.4 Å². The van der Waals surface area contributed by atoms with Crippen LogP contribution in [0.3, 0.4) is 0 Å². The molecule has 1 aliphatic rings. The summed E-state index contributed by atoms with van der Waals surface area (Å²) in [7, 11) is 0. The van der Waals surface area contributed by atoms with Gasteiger partial charge in [-0.15, -0.1) is 23.1 Å². The average Bonchev–Trinajstić information content (AvgIpc) is 3.56. The van der Waals surface area contributed by atoms with Crippen LogP contribution in [0.2, 0.25) is 0 Å². The highest BCUT2D eigenvalue weighted by atomic mass is 32.2. The van der Waals surface area contributed by atoms with E-state index in [4.69, 9.17) is 4.42 Å². The Kier molecular flexibility index (Phi) is 5.71. The van der Waals surface area contributed by atoms with E-state index >= 15 is 0 Å². The second-order valence-electron chi connectivity index (χ2n) is 8.02. The maximum Gasteiger partial charge on any atom is 0.277 e. The fraction of sp³-hybridized carbons (Fsp3) is 0.304. The van der Waals surface area contributed by atoms with Crippen molar-refractivity contribution in [1.29, 1.82) is 0 Å².